The second-order valence-electron chi connectivity index (χ2n) is 21.7. The number of rotatable bonds is 8. The van der Waals surface area contributed by atoms with Crippen molar-refractivity contribution in [1.82, 2.24) is 40.0 Å². The Morgan fingerprint density at radius 1 is 0.614 bits per heavy atom. The lowest BCUT2D eigenvalue weighted by atomic mass is 10.0. The second-order valence-corrected chi connectivity index (χ2v) is 22.6. The van der Waals surface area contributed by atoms with Crippen LogP contribution in [0.15, 0.2) is 60.9 Å². The lowest BCUT2D eigenvalue weighted by Gasteiger charge is -2.24. The van der Waals surface area contributed by atoms with Crippen LogP contribution in [0.2, 0.25) is 0 Å². The lowest BCUT2D eigenvalue weighted by Crippen LogP contribution is -2.35. The minimum Gasteiger partial charge on any atom is -0.444 e. The number of halogens is 1. The SMILES string of the molecule is C.CC(C)(C)OC(=O)N1CC[C@@H](CCc2ccc3cccnc3n2)C1.CC(C)(C)OC(=O)N1CC[C@@H](CI)C1.CC(C)(C)OC(=O)N1CC[C@@H](CO)C1.c1cnc2nc(CC[C@@H]3CCNC3)ccc2c1. The first kappa shape index (κ1) is 58.2. The zero-order valence-corrected chi connectivity index (χ0v) is 44.9. The maximum atomic E-state index is 12.1. The van der Waals surface area contributed by atoms with Crippen LogP contribution in [0, 0.1) is 23.7 Å². The highest BCUT2D eigenvalue weighted by Gasteiger charge is 2.31. The summed E-state index contributed by atoms with van der Waals surface area (Å²) in [5.74, 6) is 2.22. The molecule has 4 atom stereocenters. The van der Waals surface area contributed by atoms with E-state index in [1.54, 1.807) is 17.3 Å². The van der Waals surface area contributed by atoms with Gasteiger partial charge in [-0.1, -0.05) is 30.0 Å². The molecule has 16 heteroatoms. The second kappa shape index (κ2) is 27.4. The molecule has 8 heterocycles. The molecule has 4 fully saturated rings. The van der Waals surface area contributed by atoms with Gasteiger partial charge >= 0.3 is 18.3 Å². The van der Waals surface area contributed by atoms with Crippen molar-refractivity contribution in [3.8, 4) is 0 Å². The molecule has 4 aromatic rings. The summed E-state index contributed by atoms with van der Waals surface area (Å²) < 4.78 is 17.1. The Bertz CT molecular complexity index is 2190. The topological polar surface area (TPSA) is 172 Å². The van der Waals surface area contributed by atoms with E-state index in [0.29, 0.717) is 24.9 Å². The number of aromatic nitrogens is 4. The van der Waals surface area contributed by atoms with Crippen LogP contribution in [-0.4, -0.2) is 138 Å². The van der Waals surface area contributed by atoms with Gasteiger partial charge in [-0.15, -0.1) is 0 Å². The summed E-state index contributed by atoms with van der Waals surface area (Å²) in [6.45, 7) is 24.0. The number of aliphatic hydroxyl groups excluding tert-OH is 1. The minimum absolute atomic E-state index is 0. The standard InChI is InChI=1S/C19H25N3O2.C14H17N3.C10H18INO2.C10H19NO3.CH4/c1-19(2,3)24-18(23)22-12-10-14(13-22)6-8-16-9-7-15-5-4-11-20-17(15)21-16;1-2-12-4-6-13(17-14(12)16-8-1)5-3-11-7-9-15-10-11;1-10(2,3)14-9(13)12-5-4-8(6-11)7-12;1-10(2,3)14-9(13)11-5-4-8(6-11)7-12;/h4-5,7,9,11,14H,6,8,10,12-13H2,1-3H3;1-2,4,6,8,11,15H,3,5,7,9-10H2;8H,4-7H2,1-3H3;8,12H,4-7H2,1-3H3;1H4/t14-;11-;2*8-;/m1101./s1. The number of carbonyl (C=O) groups excluding carboxylic acids is 3. The maximum absolute atomic E-state index is 12.1. The highest BCUT2D eigenvalue weighted by molar-refractivity contribution is 14.1. The average Bonchev–Trinajstić information content (AvgIpc) is 4.15. The molecule has 4 aliphatic rings. The van der Waals surface area contributed by atoms with Crippen LogP contribution in [-0.2, 0) is 27.1 Å². The Labute approximate surface area is 431 Å². The molecule has 70 heavy (non-hydrogen) atoms. The van der Waals surface area contributed by atoms with Gasteiger partial charge < -0.3 is 39.3 Å². The fourth-order valence-electron chi connectivity index (χ4n) is 8.41. The number of hydrogen-bond acceptors (Lipinski definition) is 12. The van der Waals surface area contributed by atoms with Gasteiger partial charge in [0.15, 0.2) is 11.3 Å². The molecule has 15 nitrogen and oxygen atoms in total. The summed E-state index contributed by atoms with van der Waals surface area (Å²) in [5, 5.41) is 14.5. The van der Waals surface area contributed by atoms with Crippen molar-refractivity contribution < 1.29 is 33.7 Å². The molecule has 0 bridgehead atoms. The van der Waals surface area contributed by atoms with Crippen LogP contribution >= 0.6 is 22.6 Å². The van der Waals surface area contributed by atoms with Crippen molar-refractivity contribution in [2.24, 2.45) is 23.7 Å². The van der Waals surface area contributed by atoms with E-state index in [4.69, 9.17) is 19.3 Å². The summed E-state index contributed by atoms with van der Waals surface area (Å²) in [7, 11) is 0. The summed E-state index contributed by atoms with van der Waals surface area (Å²) in [4.78, 5) is 58.4. The third kappa shape index (κ3) is 20.4. The monoisotopic (exact) mass is 1080 g/mol. The summed E-state index contributed by atoms with van der Waals surface area (Å²) in [6, 6.07) is 16.4. The van der Waals surface area contributed by atoms with E-state index in [1.807, 2.05) is 90.3 Å². The number of likely N-dealkylation sites (tertiary alicyclic amines) is 3. The Hall–Kier alpha value is -4.42. The van der Waals surface area contributed by atoms with Crippen LogP contribution in [0.1, 0.15) is 120 Å². The van der Waals surface area contributed by atoms with Gasteiger partial charge in [0, 0.05) is 90.8 Å². The van der Waals surface area contributed by atoms with E-state index in [0.717, 1.165) is 103 Å². The lowest BCUT2D eigenvalue weighted by molar-refractivity contribution is 0.0274. The van der Waals surface area contributed by atoms with E-state index < -0.39 is 11.2 Å². The van der Waals surface area contributed by atoms with E-state index >= 15 is 0 Å². The smallest absolute Gasteiger partial charge is 0.410 e. The van der Waals surface area contributed by atoms with Crippen LogP contribution in [0.25, 0.3) is 22.1 Å². The molecule has 4 aromatic heterocycles. The molecule has 0 unspecified atom stereocenters. The molecular formula is C54H83IN8O7. The molecule has 4 saturated heterocycles. The number of aryl methyl sites for hydroxylation is 2. The number of aliphatic hydroxyl groups is 1. The summed E-state index contributed by atoms with van der Waals surface area (Å²) in [6.07, 6.45) is 11.5. The Morgan fingerprint density at radius 3 is 1.41 bits per heavy atom. The number of amides is 3. The quantitative estimate of drug-likeness (QED) is 0.0973. The fraction of sp³-hybridized carbons (Fsp3) is 0.648. The number of nitrogens with one attached hydrogen (secondary N) is 1. The molecule has 0 aliphatic carbocycles. The largest absolute Gasteiger partial charge is 0.444 e. The number of alkyl halides is 1. The van der Waals surface area contributed by atoms with Gasteiger partial charge in [-0.2, -0.15) is 0 Å². The normalized spacial score (nSPS) is 20.1. The molecule has 8 rings (SSSR count). The Morgan fingerprint density at radius 2 is 1.03 bits per heavy atom. The number of fused-ring (bicyclic) bond motifs is 2. The number of carbonyl (C=O) groups is 3. The molecule has 388 valence electrons. The number of ether oxygens (including phenoxy) is 3. The summed E-state index contributed by atoms with van der Waals surface area (Å²) >= 11 is 2.37. The molecule has 0 radical (unpaired) electrons. The van der Waals surface area contributed by atoms with Gasteiger partial charge in [-0.05, 0) is 193 Å². The first-order chi connectivity index (χ1) is 32.7. The zero-order valence-electron chi connectivity index (χ0n) is 42.7. The third-order valence-corrected chi connectivity index (χ3v) is 13.4. The van der Waals surface area contributed by atoms with Crippen molar-refractivity contribution in [2.75, 3.05) is 63.4 Å². The van der Waals surface area contributed by atoms with Gasteiger partial charge in [0.25, 0.3) is 0 Å². The third-order valence-electron chi connectivity index (χ3n) is 12.1. The van der Waals surface area contributed by atoms with Crippen molar-refractivity contribution in [2.45, 2.75) is 138 Å². The highest BCUT2D eigenvalue weighted by Crippen LogP contribution is 2.25. The van der Waals surface area contributed by atoms with Gasteiger partial charge in [-0.25, -0.2) is 34.3 Å². The fourth-order valence-corrected chi connectivity index (χ4v) is 9.13. The van der Waals surface area contributed by atoms with E-state index in [2.05, 4.69) is 78.2 Å². The van der Waals surface area contributed by atoms with Crippen LogP contribution in [0.4, 0.5) is 14.4 Å². The Kier molecular flexibility index (Phi) is 22.8. The van der Waals surface area contributed by atoms with E-state index in [-0.39, 0.29) is 43.8 Å². The molecular weight excluding hydrogens is 1000 g/mol. The van der Waals surface area contributed by atoms with Gasteiger partial charge in [0.2, 0.25) is 0 Å². The predicted molar refractivity (Wildman–Crippen MR) is 287 cm³/mol. The first-order valence-corrected chi connectivity index (χ1v) is 26.4. The average molecular weight is 1080 g/mol. The van der Waals surface area contributed by atoms with Gasteiger partial charge in [0.05, 0.1) is 0 Å². The van der Waals surface area contributed by atoms with Crippen LogP contribution in [0.3, 0.4) is 0 Å². The minimum atomic E-state index is -0.436. The Balaban J connectivity index is 0.000000208. The van der Waals surface area contributed by atoms with Crippen LogP contribution in [0.5, 0.6) is 0 Å². The van der Waals surface area contributed by atoms with Crippen molar-refractivity contribution in [3.05, 3.63) is 72.3 Å². The van der Waals surface area contributed by atoms with Crippen molar-refractivity contribution in [3.63, 3.8) is 0 Å². The molecule has 2 N–H and O–H groups in total. The first-order valence-electron chi connectivity index (χ1n) is 24.9. The highest BCUT2D eigenvalue weighted by atomic mass is 127. The number of pyridine rings is 4. The van der Waals surface area contributed by atoms with E-state index in [9.17, 15) is 14.4 Å². The molecule has 0 saturated carbocycles. The van der Waals surface area contributed by atoms with Crippen molar-refractivity contribution >= 4 is 62.9 Å². The molecule has 3 amide bonds. The summed E-state index contributed by atoms with van der Waals surface area (Å²) in [5.41, 5.74) is 2.66. The number of nitrogens with zero attached hydrogens (tertiary/aromatic N) is 7. The molecule has 0 spiro atoms. The van der Waals surface area contributed by atoms with Crippen molar-refractivity contribution in [1.29, 1.82) is 0 Å². The number of hydrogen-bond donors (Lipinski definition) is 2. The zero-order chi connectivity index (χ0) is 50.2. The van der Waals surface area contributed by atoms with E-state index in [1.165, 1.54) is 31.6 Å². The molecule has 0 aromatic carbocycles. The van der Waals surface area contributed by atoms with Crippen LogP contribution < -0.4 is 5.32 Å². The van der Waals surface area contributed by atoms with Gasteiger partial charge in [0.1, 0.15) is 16.8 Å². The molecule has 4 aliphatic heterocycles. The maximum Gasteiger partial charge on any atom is 0.410 e. The predicted octanol–water partition coefficient (Wildman–Crippen LogP) is 10.5. The van der Waals surface area contributed by atoms with Gasteiger partial charge in [-0.3, -0.25) is 0 Å².